The molecule has 34 heavy (non-hydrogen) atoms. The molecule has 0 amide bonds. The van der Waals surface area contributed by atoms with E-state index in [0.717, 1.165) is 16.7 Å². The second kappa shape index (κ2) is 8.97. The second-order valence-electron chi connectivity index (χ2n) is 9.48. The van der Waals surface area contributed by atoms with Crippen molar-refractivity contribution in [3.05, 3.63) is 63.5 Å². The summed E-state index contributed by atoms with van der Waals surface area (Å²) in [5.41, 5.74) is 4.93. The minimum Gasteiger partial charge on any atom is -0.457 e. The third-order valence-corrected chi connectivity index (χ3v) is 6.26. The number of piperazine rings is 1. The lowest BCUT2D eigenvalue weighted by molar-refractivity contribution is 0.0535. The Labute approximate surface area is 198 Å². The smallest absolute Gasteiger partial charge is 0.338 e. The van der Waals surface area contributed by atoms with Crippen LogP contribution < -0.4 is 5.32 Å². The van der Waals surface area contributed by atoms with Crippen molar-refractivity contribution in [1.29, 1.82) is 16.1 Å². The fourth-order valence-corrected chi connectivity index (χ4v) is 4.69. The lowest BCUT2D eigenvalue weighted by atomic mass is 9.89. The summed E-state index contributed by atoms with van der Waals surface area (Å²) in [6, 6.07) is 7.48. The van der Waals surface area contributed by atoms with Crippen molar-refractivity contribution in [2.45, 2.75) is 45.9 Å². The van der Waals surface area contributed by atoms with Gasteiger partial charge in [-0.25, -0.2) is 9.78 Å². The number of aromatic nitrogens is 1. The summed E-state index contributed by atoms with van der Waals surface area (Å²) in [4.78, 5) is 18.1. The van der Waals surface area contributed by atoms with E-state index in [9.17, 15) is 4.79 Å². The number of nitrogens with one attached hydrogen (secondary N) is 3. The topological polar surface area (TPSA) is 135 Å². The van der Waals surface area contributed by atoms with Crippen molar-refractivity contribution in [1.82, 2.24) is 15.2 Å². The molecule has 0 radical (unpaired) electrons. The van der Waals surface area contributed by atoms with Crippen LogP contribution >= 0.6 is 0 Å². The van der Waals surface area contributed by atoms with Crippen LogP contribution in [0, 0.1) is 36.0 Å². The highest BCUT2D eigenvalue weighted by Crippen LogP contribution is 2.32. The Balaban J connectivity index is 1.46. The van der Waals surface area contributed by atoms with Gasteiger partial charge in [-0.2, -0.15) is 5.26 Å². The lowest BCUT2D eigenvalue weighted by Gasteiger charge is -2.44. The molecule has 0 bridgehead atoms. The molecule has 2 aliphatic rings. The molecule has 9 heteroatoms. The van der Waals surface area contributed by atoms with Crippen molar-refractivity contribution in [2.24, 2.45) is 0 Å². The molecule has 0 aliphatic carbocycles. The number of rotatable bonds is 4. The second-order valence-corrected chi connectivity index (χ2v) is 9.48. The number of cyclic esters (lactones) is 1. The fraction of sp³-hybridized carbons (Fsp3) is 0.400. The van der Waals surface area contributed by atoms with Gasteiger partial charge in [-0.1, -0.05) is 6.07 Å². The van der Waals surface area contributed by atoms with Crippen LogP contribution in [0.2, 0.25) is 0 Å². The van der Waals surface area contributed by atoms with Gasteiger partial charge in [0.1, 0.15) is 18.4 Å². The maximum absolute atomic E-state index is 11.9. The Morgan fingerprint density at radius 3 is 2.85 bits per heavy atom. The van der Waals surface area contributed by atoms with Crippen LogP contribution in [0.25, 0.3) is 0 Å². The van der Waals surface area contributed by atoms with Gasteiger partial charge in [0.05, 0.1) is 17.7 Å². The van der Waals surface area contributed by atoms with E-state index in [1.165, 1.54) is 6.20 Å². The minimum atomic E-state index is -0.275. The third-order valence-electron chi connectivity index (χ3n) is 6.26. The molecule has 0 saturated carbocycles. The average Bonchev–Trinajstić information content (AvgIpc) is 3.14. The van der Waals surface area contributed by atoms with Crippen molar-refractivity contribution >= 4 is 17.8 Å². The summed E-state index contributed by atoms with van der Waals surface area (Å²) in [5.74, 6) is -0.541. The van der Waals surface area contributed by atoms with Crippen LogP contribution in [-0.2, 0) is 16.1 Å². The molecule has 1 fully saturated rings. The van der Waals surface area contributed by atoms with E-state index in [1.54, 1.807) is 13.0 Å². The Kier molecular flexibility index (Phi) is 6.21. The first kappa shape index (κ1) is 23.5. The summed E-state index contributed by atoms with van der Waals surface area (Å²) in [7, 11) is 0. The summed E-state index contributed by atoms with van der Waals surface area (Å²) in [5, 5.41) is 29.3. The van der Waals surface area contributed by atoms with Gasteiger partial charge < -0.3 is 14.8 Å². The molecular weight excluding hydrogens is 432 g/mol. The number of carbonyl (C=O) groups excluding carboxylic acids is 1. The van der Waals surface area contributed by atoms with Gasteiger partial charge in [0.15, 0.2) is 0 Å². The summed E-state index contributed by atoms with van der Waals surface area (Å²) >= 11 is 0. The highest BCUT2D eigenvalue weighted by Gasteiger charge is 2.35. The van der Waals surface area contributed by atoms with E-state index < -0.39 is 0 Å². The van der Waals surface area contributed by atoms with Crippen LogP contribution in [0.4, 0.5) is 0 Å². The highest BCUT2D eigenvalue weighted by molar-refractivity contribution is 5.98. The lowest BCUT2D eigenvalue weighted by Crippen LogP contribution is -2.59. The number of carbonyl (C=O) groups is 1. The van der Waals surface area contributed by atoms with E-state index in [4.69, 9.17) is 25.6 Å². The SMILES string of the molecule is Cc1cc(C(=N)OC(=N)CN2CC(c3ccc4c(c3C)COC4=O)NC(C)(C)C2)ncc1C#N. The number of hydrogen-bond donors (Lipinski definition) is 3. The summed E-state index contributed by atoms with van der Waals surface area (Å²) in [6.07, 6.45) is 1.41. The van der Waals surface area contributed by atoms with Gasteiger partial charge in [-0.05, 0) is 56.5 Å². The number of fused-ring (bicyclic) bond motifs is 1. The standard InChI is InChI=1S/C25H28N6O3/c1-14-7-20(29-9-16(14)8-26)23(28)34-22(27)11-31-10-21(30-25(3,4)13-31)17-5-6-18-19(15(17)2)12-33-24(18)32/h5-7,9,21,27-28,30H,10-13H2,1-4H3. The first-order chi connectivity index (χ1) is 16.1. The van der Waals surface area contributed by atoms with Gasteiger partial charge in [0, 0.05) is 36.4 Å². The Morgan fingerprint density at radius 1 is 1.38 bits per heavy atom. The predicted molar refractivity (Wildman–Crippen MR) is 126 cm³/mol. The van der Waals surface area contributed by atoms with E-state index >= 15 is 0 Å². The van der Waals surface area contributed by atoms with Crippen molar-refractivity contribution in [3.63, 3.8) is 0 Å². The molecule has 1 saturated heterocycles. The Hall–Kier alpha value is -3.61. The zero-order valence-corrected chi connectivity index (χ0v) is 19.8. The average molecular weight is 461 g/mol. The molecular formula is C25H28N6O3. The molecule has 176 valence electrons. The van der Waals surface area contributed by atoms with Crippen molar-refractivity contribution in [2.75, 3.05) is 19.6 Å². The summed E-state index contributed by atoms with van der Waals surface area (Å²) in [6.45, 7) is 9.89. The molecule has 9 nitrogen and oxygen atoms in total. The van der Waals surface area contributed by atoms with Gasteiger partial charge >= 0.3 is 5.97 Å². The fourth-order valence-electron chi connectivity index (χ4n) is 4.69. The number of aryl methyl sites for hydroxylation is 1. The van der Waals surface area contributed by atoms with E-state index in [0.29, 0.717) is 36.4 Å². The molecule has 1 unspecified atom stereocenters. The molecule has 1 aromatic heterocycles. The molecule has 4 rings (SSSR count). The van der Waals surface area contributed by atoms with Gasteiger partial charge in [0.2, 0.25) is 11.8 Å². The first-order valence-corrected chi connectivity index (χ1v) is 11.1. The minimum absolute atomic E-state index is 0.000143. The number of benzene rings is 1. The maximum atomic E-state index is 11.9. The highest BCUT2D eigenvalue weighted by atomic mass is 16.5. The van der Waals surface area contributed by atoms with E-state index in [-0.39, 0.29) is 41.6 Å². The zero-order valence-electron chi connectivity index (χ0n) is 19.8. The summed E-state index contributed by atoms with van der Waals surface area (Å²) < 4.78 is 10.7. The Bertz CT molecular complexity index is 1230. The monoisotopic (exact) mass is 460 g/mol. The zero-order chi connectivity index (χ0) is 24.6. The van der Waals surface area contributed by atoms with Crippen LogP contribution in [0.3, 0.4) is 0 Å². The van der Waals surface area contributed by atoms with Gasteiger partial charge in [-0.3, -0.25) is 15.7 Å². The van der Waals surface area contributed by atoms with Crippen LogP contribution in [-0.4, -0.2) is 52.8 Å². The molecule has 3 heterocycles. The maximum Gasteiger partial charge on any atom is 0.338 e. The molecule has 2 aliphatic heterocycles. The van der Waals surface area contributed by atoms with Crippen molar-refractivity contribution in [3.8, 4) is 6.07 Å². The molecule has 1 atom stereocenters. The largest absolute Gasteiger partial charge is 0.457 e. The number of pyridine rings is 1. The number of nitriles is 1. The number of esters is 1. The van der Waals surface area contributed by atoms with Crippen LogP contribution in [0.5, 0.6) is 0 Å². The molecule has 2 aromatic rings. The van der Waals surface area contributed by atoms with Gasteiger partial charge in [-0.15, -0.1) is 0 Å². The molecule has 3 N–H and O–H groups in total. The third kappa shape index (κ3) is 4.69. The van der Waals surface area contributed by atoms with E-state index in [2.05, 4.69) is 29.0 Å². The van der Waals surface area contributed by atoms with Gasteiger partial charge in [0.25, 0.3) is 0 Å². The normalized spacial score (nSPS) is 19.1. The van der Waals surface area contributed by atoms with Crippen LogP contribution in [0.1, 0.15) is 63.8 Å². The van der Waals surface area contributed by atoms with Crippen molar-refractivity contribution < 1.29 is 14.3 Å². The predicted octanol–water partition coefficient (Wildman–Crippen LogP) is 2.98. The Morgan fingerprint density at radius 2 is 2.15 bits per heavy atom. The number of ether oxygens (including phenoxy) is 2. The first-order valence-electron chi connectivity index (χ1n) is 11.1. The molecule has 1 aromatic carbocycles. The number of hydrogen-bond acceptors (Lipinski definition) is 9. The van der Waals surface area contributed by atoms with E-state index in [1.807, 2.05) is 25.1 Å². The van der Waals surface area contributed by atoms with Crippen LogP contribution in [0.15, 0.2) is 24.4 Å². The molecule has 0 spiro atoms. The number of nitrogens with zero attached hydrogens (tertiary/aromatic N) is 3. The quantitative estimate of drug-likeness (QED) is 0.363.